The third kappa shape index (κ3) is 4.58. The quantitative estimate of drug-likeness (QED) is 0.446. The fraction of sp³-hybridized carbons (Fsp3) is 0.533. The van der Waals surface area contributed by atoms with Gasteiger partial charge in [-0.15, -0.1) is 0 Å². The number of hydrogen-bond acceptors (Lipinski definition) is 5. The average molecular weight is 504 g/mol. The molecule has 0 N–H and O–H groups in total. The lowest BCUT2D eigenvalue weighted by Crippen LogP contribution is -2.38. The molecule has 0 atom stereocenters. The lowest BCUT2D eigenvalue weighted by Gasteiger charge is -2.33. The zero-order chi connectivity index (χ0) is 25.5. The maximum absolute atomic E-state index is 13.4. The number of nitrogens with zero attached hydrogens (tertiary/aromatic N) is 3. The zero-order valence-electron chi connectivity index (χ0n) is 22.0. The van der Waals surface area contributed by atoms with Crippen molar-refractivity contribution in [1.29, 1.82) is 0 Å². The summed E-state index contributed by atoms with van der Waals surface area (Å²) in [6.07, 6.45) is 8.34. The fourth-order valence-corrected chi connectivity index (χ4v) is 6.59. The molecular formula is C30H37N3O4. The number of fused-ring (bicyclic) bond motifs is 3. The summed E-state index contributed by atoms with van der Waals surface area (Å²) in [5.41, 5.74) is 4.57. The molecule has 3 aromatic rings. The van der Waals surface area contributed by atoms with Crippen LogP contribution in [0.2, 0.25) is 0 Å². The number of piperidine rings is 1. The molecule has 1 amide bonds. The van der Waals surface area contributed by atoms with Crippen molar-refractivity contribution in [2.45, 2.75) is 71.0 Å². The number of carbonyl (C=O) groups is 2. The molecule has 196 valence electrons. The van der Waals surface area contributed by atoms with Crippen LogP contribution in [0.5, 0.6) is 0 Å². The molecule has 0 bridgehead atoms. The summed E-state index contributed by atoms with van der Waals surface area (Å²) < 4.78 is 13.0. The SMILES string of the molecule is COC(=O)c1ccc(Cn2c3c(c4cc(C(=O)N5CCC(C)CC5)ccc42)CN(C2CCCC2)CC3)o1. The average Bonchev–Trinajstić information content (AvgIpc) is 3.69. The van der Waals surface area contributed by atoms with E-state index in [1.807, 2.05) is 17.0 Å². The first-order valence-corrected chi connectivity index (χ1v) is 13.9. The molecule has 6 rings (SSSR count). The van der Waals surface area contributed by atoms with Gasteiger partial charge in [-0.3, -0.25) is 9.69 Å². The summed E-state index contributed by atoms with van der Waals surface area (Å²) in [6, 6.07) is 10.4. The number of furan rings is 1. The van der Waals surface area contributed by atoms with E-state index in [0.717, 1.165) is 62.3 Å². The standard InChI is InChI=1S/C30H37N3O4/c1-20-11-14-31(15-12-20)29(34)21-7-9-26-24(17-21)25-19-32(22-5-3-4-6-22)16-13-27(25)33(26)18-23-8-10-28(37-23)30(35)36-2/h7-10,17,20,22H,3-6,11-16,18-19H2,1-2H3. The van der Waals surface area contributed by atoms with Crippen LogP contribution in [0.1, 0.15) is 83.4 Å². The van der Waals surface area contributed by atoms with E-state index >= 15 is 0 Å². The number of carbonyl (C=O) groups excluding carboxylic acids is 2. The highest BCUT2D eigenvalue weighted by Gasteiger charge is 2.31. The number of amides is 1. The normalized spacial score (nSPS) is 19.5. The van der Waals surface area contributed by atoms with Crippen LogP contribution in [-0.2, 0) is 24.2 Å². The van der Waals surface area contributed by atoms with Crippen molar-refractivity contribution in [3.8, 4) is 0 Å². The van der Waals surface area contributed by atoms with E-state index in [1.54, 1.807) is 6.07 Å². The zero-order valence-corrected chi connectivity index (χ0v) is 22.0. The van der Waals surface area contributed by atoms with Crippen molar-refractivity contribution in [3.05, 3.63) is 58.7 Å². The minimum absolute atomic E-state index is 0.146. The van der Waals surface area contributed by atoms with E-state index in [1.165, 1.54) is 49.4 Å². The lowest BCUT2D eigenvalue weighted by atomic mass is 9.98. The third-order valence-electron chi connectivity index (χ3n) is 8.80. The first-order valence-electron chi connectivity index (χ1n) is 13.9. The number of aromatic nitrogens is 1. The van der Waals surface area contributed by atoms with Crippen LogP contribution in [-0.4, -0.2) is 59.0 Å². The fourth-order valence-electron chi connectivity index (χ4n) is 6.59. The third-order valence-corrected chi connectivity index (χ3v) is 8.80. The summed E-state index contributed by atoms with van der Waals surface area (Å²) in [5, 5.41) is 1.17. The predicted octanol–water partition coefficient (Wildman–Crippen LogP) is 5.24. The number of hydrogen-bond donors (Lipinski definition) is 0. The van der Waals surface area contributed by atoms with E-state index < -0.39 is 5.97 Å². The Morgan fingerprint density at radius 3 is 2.57 bits per heavy atom. The van der Waals surface area contributed by atoms with Crippen LogP contribution in [0.3, 0.4) is 0 Å². The Morgan fingerprint density at radius 2 is 1.81 bits per heavy atom. The largest absolute Gasteiger partial charge is 0.463 e. The van der Waals surface area contributed by atoms with Gasteiger partial charge in [0.05, 0.1) is 13.7 Å². The minimum Gasteiger partial charge on any atom is -0.463 e. The monoisotopic (exact) mass is 503 g/mol. The topological polar surface area (TPSA) is 67.9 Å². The van der Waals surface area contributed by atoms with Gasteiger partial charge in [0.25, 0.3) is 5.91 Å². The second-order valence-electron chi connectivity index (χ2n) is 11.1. The van der Waals surface area contributed by atoms with E-state index in [0.29, 0.717) is 18.5 Å². The Balaban J connectivity index is 1.37. The molecule has 2 aromatic heterocycles. The molecule has 1 saturated carbocycles. The Bertz CT molecular complexity index is 1310. The van der Waals surface area contributed by atoms with Gasteiger partial charge >= 0.3 is 5.97 Å². The second kappa shape index (κ2) is 10.0. The molecular weight excluding hydrogens is 466 g/mol. The van der Waals surface area contributed by atoms with Gasteiger partial charge in [0.15, 0.2) is 0 Å². The van der Waals surface area contributed by atoms with E-state index in [9.17, 15) is 9.59 Å². The van der Waals surface area contributed by atoms with Gasteiger partial charge in [0.1, 0.15) is 5.76 Å². The van der Waals surface area contributed by atoms with Gasteiger partial charge in [-0.25, -0.2) is 4.79 Å². The Morgan fingerprint density at radius 1 is 1.03 bits per heavy atom. The van der Waals surface area contributed by atoms with Crippen LogP contribution >= 0.6 is 0 Å². The second-order valence-corrected chi connectivity index (χ2v) is 11.1. The smallest absolute Gasteiger partial charge is 0.373 e. The first kappa shape index (κ1) is 24.3. The molecule has 1 aliphatic carbocycles. The molecule has 0 spiro atoms. The highest BCUT2D eigenvalue weighted by Crippen LogP contribution is 2.36. The number of ether oxygens (including phenoxy) is 1. The maximum atomic E-state index is 13.4. The van der Waals surface area contributed by atoms with Crippen LogP contribution in [0.4, 0.5) is 0 Å². The predicted molar refractivity (Wildman–Crippen MR) is 142 cm³/mol. The molecule has 1 saturated heterocycles. The van der Waals surface area contributed by atoms with Gasteiger partial charge in [-0.1, -0.05) is 19.8 Å². The Labute approximate surface area is 218 Å². The number of benzene rings is 1. The molecule has 37 heavy (non-hydrogen) atoms. The summed E-state index contributed by atoms with van der Waals surface area (Å²) >= 11 is 0. The van der Waals surface area contributed by atoms with Crippen molar-refractivity contribution in [3.63, 3.8) is 0 Å². The molecule has 2 aliphatic heterocycles. The van der Waals surface area contributed by atoms with Gasteiger partial charge in [0, 0.05) is 60.8 Å². The lowest BCUT2D eigenvalue weighted by molar-refractivity contribution is 0.0562. The van der Waals surface area contributed by atoms with Crippen molar-refractivity contribution in [1.82, 2.24) is 14.4 Å². The van der Waals surface area contributed by atoms with Crippen molar-refractivity contribution < 1.29 is 18.7 Å². The molecule has 7 heteroatoms. The molecule has 1 aromatic carbocycles. The summed E-state index contributed by atoms with van der Waals surface area (Å²) in [4.78, 5) is 30.0. The van der Waals surface area contributed by atoms with Crippen LogP contribution in [0, 0.1) is 5.92 Å². The van der Waals surface area contributed by atoms with E-state index in [-0.39, 0.29) is 11.7 Å². The number of methoxy groups -OCH3 is 1. The van der Waals surface area contributed by atoms with Crippen molar-refractivity contribution in [2.24, 2.45) is 5.92 Å². The van der Waals surface area contributed by atoms with Crippen LogP contribution in [0.15, 0.2) is 34.7 Å². The van der Waals surface area contributed by atoms with E-state index in [2.05, 4.69) is 28.5 Å². The Kier molecular flexibility index (Phi) is 6.57. The molecule has 2 fully saturated rings. The molecule has 0 radical (unpaired) electrons. The summed E-state index contributed by atoms with van der Waals surface area (Å²) in [6.45, 7) is 6.47. The molecule has 4 heterocycles. The number of likely N-dealkylation sites (tertiary alicyclic amines) is 1. The minimum atomic E-state index is -0.465. The van der Waals surface area contributed by atoms with Crippen LogP contribution < -0.4 is 0 Å². The molecule has 7 nitrogen and oxygen atoms in total. The van der Waals surface area contributed by atoms with Crippen LogP contribution in [0.25, 0.3) is 10.9 Å². The summed E-state index contributed by atoms with van der Waals surface area (Å²) in [7, 11) is 1.36. The number of rotatable bonds is 5. The molecule has 0 unspecified atom stereocenters. The first-order chi connectivity index (χ1) is 18.0. The highest BCUT2D eigenvalue weighted by atomic mass is 16.5. The number of esters is 1. The van der Waals surface area contributed by atoms with Gasteiger partial charge in [0.2, 0.25) is 5.76 Å². The van der Waals surface area contributed by atoms with Crippen molar-refractivity contribution >= 4 is 22.8 Å². The van der Waals surface area contributed by atoms with Gasteiger partial charge in [-0.05, 0) is 67.5 Å². The summed E-state index contributed by atoms with van der Waals surface area (Å²) in [5.74, 6) is 1.32. The van der Waals surface area contributed by atoms with Crippen molar-refractivity contribution in [2.75, 3.05) is 26.7 Å². The highest BCUT2D eigenvalue weighted by molar-refractivity contribution is 5.99. The maximum Gasteiger partial charge on any atom is 0.373 e. The van der Waals surface area contributed by atoms with E-state index in [4.69, 9.17) is 9.15 Å². The molecule has 3 aliphatic rings. The van der Waals surface area contributed by atoms with Gasteiger partial charge in [-0.2, -0.15) is 0 Å². The van der Waals surface area contributed by atoms with Gasteiger partial charge < -0.3 is 18.6 Å². The Hall–Kier alpha value is -3.06.